The van der Waals surface area contributed by atoms with Crippen molar-refractivity contribution in [1.82, 2.24) is 25.9 Å². The number of benzene rings is 1. The molecule has 2 aromatic rings. The maximum atomic E-state index is 13.4. The number of aromatic amines is 1. The highest BCUT2D eigenvalue weighted by Crippen LogP contribution is 2.12. The fourth-order valence-corrected chi connectivity index (χ4v) is 3.93. The number of carboxylic acid groups (broad SMARTS) is 1. The van der Waals surface area contributed by atoms with Crippen molar-refractivity contribution in [2.75, 3.05) is 6.54 Å². The number of aliphatic carboxylic acids is 1. The van der Waals surface area contributed by atoms with E-state index in [1.165, 1.54) is 24.7 Å². The molecular weight excluding hydrogens is 536 g/mol. The molecule has 1 aromatic carbocycles. The van der Waals surface area contributed by atoms with E-state index in [0.717, 1.165) is 0 Å². The van der Waals surface area contributed by atoms with Crippen LogP contribution in [0.4, 0.5) is 0 Å². The number of unbranched alkanes of at least 4 members (excludes halogenated alkanes) is 1. The molecule has 2 rings (SSSR count). The summed E-state index contributed by atoms with van der Waals surface area (Å²) in [5.41, 5.74) is 17.9. The lowest BCUT2D eigenvalue weighted by molar-refractivity contribution is -0.142. The molecule has 0 spiro atoms. The Hall–Kier alpha value is -4.50. The Balaban J connectivity index is 2.22. The van der Waals surface area contributed by atoms with Crippen molar-refractivity contribution in [2.24, 2.45) is 17.2 Å². The summed E-state index contributed by atoms with van der Waals surface area (Å²) in [6, 6.07) is 1.11. The first kappa shape index (κ1) is 32.7. The van der Waals surface area contributed by atoms with Gasteiger partial charge in [0.25, 0.3) is 0 Å². The average Bonchev–Trinajstić information content (AvgIpc) is 3.43. The lowest BCUT2D eigenvalue weighted by Gasteiger charge is -2.25. The molecule has 0 aliphatic heterocycles. The second kappa shape index (κ2) is 16.6. The van der Waals surface area contributed by atoms with Gasteiger partial charge in [0.2, 0.25) is 23.6 Å². The summed E-state index contributed by atoms with van der Waals surface area (Å²) in [6.07, 6.45) is 3.67. The van der Waals surface area contributed by atoms with Gasteiger partial charge in [-0.15, -0.1) is 0 Å². The number of nitrogens with two attached hydrogens (primary N) is 3. The molecule has 0 fully saturated rings. The molecule has 0 aliphatic carbocycles. The summed E-state index contributed by atoms with van der Waals surface area (Å²) < 4.78 is 0. The molecule has 12 N–H and O–H groups in total. The van der Waals surface area contributed by atoms with Gasteiger partial charge in [0.05, 0.1) is 12.4 Å². The molecule has 15 nitrogen and oxygen atoms in total. The fraction of sp³-hybridized carbons (Fsp3) is 0.462. The van der Waals surface area contributed by atoms with Gasteiger partial charge in [-0.2, -0.15) is 0 Å². The van der Waals surface area contributed by atoms with Crippen molar-refractivity contribution in [3.63, 3.8) is 0 Å². The number of phenolic OH excluding ortho intramolecular Hbond substituents is 1. The minimum Gasteiger partial charge on any atom is -0.508 e. The normalized spacial score (nSPS) is 13.8. The number of imidazole rings is 1. The number of aromatic nitrogens is 2. The average molecular weight is 575 g/mol. The van der Waals surface area contributed by atoms with E-state index in [9.17, 15) is 34.2 Å². The third-order valence-electron chi connectivity index (χ3n) is 6.21. The Morgan fingerprint density at radius 2 is 1.51 bits per heavy atom. The third-order valence-corrected chi connectivity index (χ3v) is 6.21. The molecule has 0 bridgehead atoms. The van der Waals surface area contributed by atoms with Crippen LogP contribution >= 0.6 is 0 Å². The topological polar surface area (TPSA) is 269 Å². The minimum absolute atomic E-state index is 0.00278. The molecule has 4 unspecified atom stereocenters. The molecule has 0 radical (unpaired) electrons. The number of nitrogens with one attached hydrogen (secondary N) is 4. The summed E-state index contributed by atoms with van der Waals surface area (Å²) in [5.74, 6) is -4.25. The number of hydrogen-bond donors (Lipinski definition) is 9. The number of carboxylic acids is 1. The number of aromatic hydroxyl groups is 1. The van der Waals surface area contributed by atoms with Crippen LogP contribution in [0.1, 0.15) is 43.4 Å². The van der Waals surface area contributed by atoms with E-state index in [0.29, 0.717) is 30.6 Å². The largest absolute Gasteiger partial charge is 0.508 e. The predicted molar refractivity (Wildman–Crippen MR) is 147 cm³/mol. The van der Waals surface area contributed by atoms with Crippen LogP contribution in [-0.2, 0) is 36.8 Å². The van der Waals surface area contributed by atoms with Gasteiger partial charge in [-0.3, -0.25) is 19.2 Å². The van der Waals surface area contributed by atoms with Crippen LogP contribution in [0.25, 0.3) is 0 Å². The lowest BCUT2D eigenvalue weighted by Crippen LogP contribution is -2.57. The first-order valence-corrected chi connectivity index (χ1v) is 13.1. The van der Waals surface area contributed by atoms with Gasteiger partial charge >= 0.3 is 5.97 Å². The Kier molecular flexibility index (Phi) is 13.2. The van der Waals surface area contributed by atoms with E-state index in [1.807, 2.05) is 0 Å². The Labute approximate surface area is 236 Å². The van der Waals surface area contributed by atoms with Crippen LogP contribution in [-0.4, -0.2) is 80.5 Å². The monoisotopic (exact) mass is 574 g/mol. The highest BCUT2D eigenvalue weighted by molar-refractivity contribution is 5.94. The van der Waals surface area contributed by atoms with Crippen LogP contribution < -0.4 is 33.2 Å². The third kappa shape index (κ3) is 11.6. The number of phenols is 1. The first-order valence-electron chi connectivity index (χ1n) is 13.1. The number of H-pyrrole nitrogens is 1. The smallest absolute Gasteiger partial charge is 0.326 e. The van der Waals surface area contributed by atoms with E-state index in [1.54, 1.807) is 12.1 Å². The molecule has 4 atom stereocenters. The number of primary amides is 1. The number of carbonyl (C=O) groups is 5. The SMILES string of the molecule is NCCCCC(NC(=O)C(CCC(N)=O)NC(=O)C(Cc1ccc(O)cc1)NC(=O)C(N)Cc1cnc[nH]1)C(=O)O. The Bertz CT molecular complexity index is 1160. The second-order valence-corrected chi connectivity index (χ2v) is 9.57. The zero-order valence-corrected chi connectivity index (χ0v) is 22.5. The van der Waals surface area contributed by atoms with Crippen molar-refractivity contribution in [3.05, 3.63) is 48.0 Å². The van der Waals surface area contributed by atoms with Crippen molar-refractivity contribution in [3.8, 4) is 5.75 Å². The van der Waals surface area contributed by atoms with Crippen molar-refractivity contribution in [1.29, 1.82) is 0 Å². The lowest BCUT2D eigenvalue weighted by atomic mass is 10.0. The van der Waals surface area contributed by atoms with Gasteiger partial charge in [-0.1, -0.05) is 12.1 Å². The van der Waals surface area contributed by atoms with Gasteiger partial charge in [0, 0.05) is 31.2 Å². The Morgan fingerprint density at radius 1 is 0.878 bits per heavy atom. The van der Waals surface area contributed by atoms with Gasteiger partial charge in [-0.05, 0) is 49.9 Å². The van der Waals surface area contributed by atoms with Crippen LogP contribution in [0.3, 0.4) is 0 Å². The van der Waals surface area contributed by atoms with Crippen molar-refractivity contribution in [2.45, 2.75) is 69.1 Å². The molecule has 0 saturated carbocycles. The maximum absolute atomic E-state index is 13.4. The number of amides is 4. The van der Waals surface area contributed by atoms with Gasteiger partial charge in [0.1, 0.15) is 23.9 Å². The molecule has 0 saturated heterocycles. The standard InChI is InChI=1S/C26H38N8O7/c27-10-2-1-3-20(26(40)41)33-24(38)19(8-9-22(29)36)32-25(39)21(11-15-4-6-17(35)7-5-15)34-23(37)18(28)12-16-13-30-14-31-16/h4-7,13-14,18-21,35H,1-3,8-12,27-28H2,(H2,29,36)(H,30,31)(H,32,39)(H,33,38)(H,34,37)(H,40,41). The van der Waals surface area contributed by atoms with Crippen LogP contribution in [0, 0.1) is 0 Å². The zero-order valence-electron chi connectivity index (χ0n) is 22.5. The van der Waals surface area contributed by atoms with E-state index in [2.05, 4.69) is 25.9 Å². The molecule has 41 heavy (non-hydrogen) atoms. The number of hydrogen-bond acceptors (Lipinski definition) is 9. The van der Waals surface area contributed by atoms with Crippen molar-refractivity contribution < 1.29 is 34.2 Å². The quantitative estimate of drug-likeness (QED) is 0.0897. The highest BCUT2D eigenvalue weighted by Gasteiger charge is 2.30. The predicted octanol–water partition coefficient (Wildman–Crippen LogP) is -1.84. The summed E-state index contributed by atoms with van der Waals surface area (Å²) in [5, 5.41) is 26.6. The number of carbonyl (C=O) groups excluding carboxylic acids is 4. The molecule has 0 aliphatic rings. The molecular formula is C26H38N8O7. The second-order valence-electron chi connectivity index (χ2n) is 9.57. The summed E-state index contributed by atoms with van der Waals surface area (Å²) >= 11 is 0. The van der Waals surface area contributed by atoms with Crippen LogP contribution in [0.5, 0.6) is 5.75 Å². The zero-order chi connectivity index (χ0) is 30.4. The highest BCUT2D eigenvalue weighted by atomic mass is 16.4. The number of rotatable bonds is 18. The van der Waals surface area contributed by atoms with Gasteiger partial charge in [-0.25, -0.2) is 9.78 Å². The fourth-order valence-electron chi connectivity index (χ4n) is 3.93. The van der Waals surface area contributed by atoms with Crippen LogP contribution in [0.15, 0.2) is 36.8 Å². The van der Waals surface area contributed by atoms with Crippen molar-refractivity contribution >= 4 is 29.6 Å². The summed E-state index contributed by atoms with van der Waals surface area (Å²) in [6.45, 7) is 0.358. The van der Waals surface area contributed by atoms with E-state index in [-0.39, 0.29) is 37.9 Å². The molecule has 224 valence electrons. The summed E-state index contributed by atoms with van der Waals surface area (Å²) in [4.78, 5) is 69.2. The Morgan fingerprint density at radius 3 is 2.10 bits per heavy atom. The molecule has 1 heterocycles. The molecule has 1 aromatic heterocycles. The molecule has 15 heteroatoms. The minimum atomic E-state index is -1.33. The maximum Gasteiger partial charge on any atom is 0.326 e. The first-order chi connectivity index (χ1) is 19.5. The number of nitrogens with zero attached hydrogens (tertiary/aromatic N) is 1. The van der Waals surface area contributed by atoms with E-state index >= 15 is 0 Å². The molecule has 4 amide bonds. The van der Waals surface area contributed by atoms with Gasteiger partial charge in [0.15, 0.2) is 0 Å². The van der Waals surface area contributed by atoms with E-state index in [4.69, 9.17) is 17.2 Å². The van der Waals surface area contributed by atoms with Gasteiger partial charge < -0.3 is 48.3 Å². The summed E-state index contributed by atoms with van der Waals surface area (Å²) in [7, 11) is 0. The van der Waals surface area contributed by atoms with Crippen LogP contribution in [0.2, 0.25) is 0 Å². The van der Waals surface area contributed by atoms with E-state index < -0.39 is 53.8 Å².